The molecule has 0 aliphatic heterocycles. The molecule has 0 aliphatic rings. The van der Waals surface area contributed by atoms with Gasteiger partial charge in [0.25, 0.3) is 0 Å². The largest absolute Gasteiger partial charge is 0.383 e. The van der Waals surface area contributed by atoms with Crippen molar-refractivity contribution in [2.75, 3.05) is 5.73 Å². The average molecular weight is 527 g/mol. The van der Waals surface area contributed by atoms with Crippen molar-refractivity contribution in [2.24, 2.45) is 0 Å². The topological polar surface area (TPSA) is 113 Å². The van der Waals surface area contributed by atoms with E-state index in [1.54, 1.807) is 49.4 Å². The molecule has 2 aromatic carbocycles. The smallest absolute Gasteiger partial charge is 0.143 e. The summed E-state index contributed by atoms with van der Waals surface area (Å²) in [4.78, 5) is 4.35. The molecule has 0 amide bonds. The third-order valence-corrected chi connectivity index (χ3v) is 6.93. The Morgan fingerprint density at radius 1 is 1.00 bits per heavy atom. The number of pyridine rings is 1. The van der Waals surface area contributed by atoms with Gasteiger partial charge in [0.05, 0.1) is 15.6 Å². The molecule has 34 heavy (non-hydrogen) atoms. The van der Waals surface area contributed by atoms with Crippen LogP contribution in [0.2, 0.25) is 15.1 Å². The maximum Gasteiger partial charge on any atom is 0.143 e. The molecule has 4 aromatic rings. The van der Waals surface area contributed by atoms with Gasteiger partial charge in [0.15, 0.2) is 0 Å². The van der Waals surface area contributed by atoms with Crippen LogP contribution in [0, 0.1) is 29.6 Å². The predicted octanol–water partition coefficient (Wildman–Crippen LogP) is 7.29. The van der Waals surface area contributed by atoms with Gasteiger partial charge in [-0.2, -0.15) is 10.5 Å². The van der Waals surface area contributed by atoms with Crippen LogP contribution in [0.3, 0.4) is 0 Å². The van der Waals surface area contributed by atoms with E-state index in [1.165, 1.54) is 11.8 Å². The average Bonchev–Trinajstić information content (AvgIpc) is 3.16. The minimum absolute atomic E-state index is 0.0235. The summed E-state index contributed by atoms with van der Waals surface area (Å²) in [7, 11) is 0. The molecule has 4 rings (SSSR count). The van der Waals surface area contributed by atoms with Gasteiger partial charge in [-0.15, -0.1) is 0 Å². The number of halogens is 3. The molecule has 0 radical (unpaired) electrons. The van der Waals surface area contributed by atoms with E-state index < -0.39 is 0 Å². The zero-order valence-corrected chi connectivity index (χ0v) is 20.6. The Bertz CT molecular complexity index is 1480. The lowest BCUT2D eigenvalue weighted by molar-refractivity contribution is 0.398. The predicted molar refractivity (Wildman–Crippen MR) is 135 cm³/mol. The van der Waals surface area contributed by atoms with E-state index in [2.05, 4.69) is 22.3 Å². The van der Waals surface area contributed by atoms with Crippen molar-refractivity contribution < 1.29 is 4.52 Å². The minimum atomic E-state index is 0.0235. The first-order valence-corrected chi connectivity index (χ1v) is 11.9. The number of aromatic nitrogens is 2. The van der Waals surface area contributed by atoms with Gasteiger partial charge >= 0.3 is 0 Å². The Kier molecular flexibility index (Phi) is 7.02. The number of nitrogens with two attached hydrogens (primary N) is 1. The van der Waals surface area contributed by atoms with Gasteiger partial charge in [0, 0.05) is 27.5 Å². The quantitative estimate of drug-likeness (QED) is 0.272. The van der Waals surface area contributed by atoms with Crippen molar-refractivity contribution in [1.82, 2.24) is 10.1 Å². The molecule has 10 heteroatoms. The summed E-state index contributed by atoms with van der Waals surface area (Å²) >= 11 is 20.2. The molecule has 6 nitrogen and oxygen atoms in total. The number of hydrogen-bond acceptors (Lipinski definition) is 7. The molecular weight excluding hydrogens is 513 g/mol. The number of nitrogen functional groups attached to an aromatic ring is 1. The van der Waals surface area contributed by atoms with Gasteiger partial charge in [0.2, 0.25) is 0 Å². The highest BCUT2D eigenvalue weighted by Gasteiger charge is 2.23. The van der Waals surface area contributed by atoms with Crippen molar-refractivity contribution in [2.45, 2.75) is 17.7 Å². The van der Waals surface area contributed by atoms with Crippen LogP contribution >= 0.6 is 46.6 Å². The molecule has 2 heterocycles. The fraction of sp³-hybridized carbons (Fsp3) is 0.0833. The lowest BCUT2D eigenvalue weighted by atomic mass is 9.97. The van der Waals surface area contributed by atoms with Gasteiger partial charge in [-0.3, -0.25) is 0 Å². The molecule has 0 bridgehead atoms. The summed E-state index contributed by atoms with van der Waals surface area (Å²) < 4.78 is 5.42. The van der Waals surface area contributed by atoms with E-state index >= 15 is 0 Å². The molecule has 0 spiro atoms. The third kappa shape index (κ3) is 4.44. The molecule has 0 aliphatic carbocycles. The first-order chi connectivity index (χ1) is 16.3. The van der Waals surface area contributed by atoms with E-state index in [-0.39, 0.29) is 16.9 Å². The zero-order valence-electron chi connectivity index (χ0n) is 17.6. The molecule has 0 saturated carbocycles. The lowest BCUT2D eigenvalue weighted by Gasteiger charge is -2.13. The third-order valence-electron chi connectivity index (χ3n) is 5.07. The number of aryl methyl sites for hydroxylation is 1. The van der Waals surface area contributed by atoms with Crippen molar-refractivity contribution in [1.29, 1.82) is 10.5 Å². The normalized spacial score (nSPS) is 10.6. The van der Waals surface area contributed by atoms with Gasteiger partial charge in [-0.25, -0.2) is 4.98 Å². The molecule has 0 unspecified atom stereocenters. The van der Waals surface area contributed by atoms with Crippen LogP contribution in [0.5, 0.6) is 0 Å². The monoisotopic (exact) mass is 525 g/mol. The van der Waals surface area contributed by atoms with Crippen LogP contribution in [0.25, 0.3) is 22.4 Å². The second-order valence-electron chi connectivity index (χ2n) is 7.11. The fourth-order valence-electron chi connectivity index (χ4n) is 3.46. The fourth-order valence-corrected chi connectivity index (χ4v) is 5.30. The Balaban J connectivity index is 1.80. The van der Waals surface area contributed by atoms with Gasteiger partial charge in [-0.05, 0) is 36.8 Å². The molecule has 168 valence electrons. The lowest BCUT2D eigenvalue weighted by Crippen LogP contribution is -2.03. The van der Waals surface area contributed by atoms with Gasteiger partial charge in [0.1, 0.15) is 40.0 Å². The SMILES string of the molecule is Cc1onc(-c2c(Cl)cccc2Cl)c1CSc1nc(N)c(C#N)c(-c2cccc(Cl)c2)c1C#N. The summed E-state index contributed by atoms with van der Waals surface area (Å²) in [5.74, 6) is 0.942. The van der Waals surface area contributed by atoms with E-state index in [4.69, 9.17) is 45.1 Å². The maximum absolute atomic E-state index is 10.0. The van der Waals surface area contributed by atoms with Crippen molar-refractivity contribution in [3.63, 3.8) is 0 Å². The standard InChI is InChI=1S/C24H14Cl3N5OS/c1-12-17(22(32-33-12)21-18(26)6-3-7-19(21)27)11-34-24-16(10-29)20(15(9-28)23(30)31-24)13-4-2-5-14(25)8-13/h2-8H,11H2,1H3,(H2,30,31). The van der Waals surface area contributed by atoms with Gasteiger partial charge < -0.3 is 10.3 Å². The number of thioether (sulfide) groups is 1. The van der Waals surface area contributed by atoms with Crippen LogP contribution in [-0.4, -0.2) is 10.1 Å². The Morgan fingerprint density at radius 3 is 2.32 bits per heavy atom. The van der Waals surface area contributed by atoms with Crippen LogP contribution in [0.1, 0.15) is 22.5 Å². The number of nitrogens with zero attached hydrogens (tertiary/aromatic N) is 4. The van der Waals surface area contributed by atoms with E-state index in [1.807, 2.05) is 0 Å². The van der Waals surface area contributed by atoms with Crippen LogP contribution < -0.4 is 5.73 Å². The number of benzene rings is 2. The summed E-state index contributed by atoms with van der Waals surface area (Å²) in [5.41, 5.74) is 9.27. The zero-order chi connectivity index (χ0) is 24.4. The highest BCUT2D eigenvalue weighted by molar-refractivity contribution is 7.98. The maximum atomic E-state index is 10.0. The van der Waals surface area contributed by atoms with Crippen LogP contribution in [0.15, 0.2) is 52.0 Å². The van der Waals surface area contributed by atoms with Gasteiger partial charge in [-0.1, -0.05) is 69.9 Å². The van der Waals surface area contributed by atoms with Crippen LogP contribution in [0.4, 0.5) is 5.82 Å². The molecule has 0 fully saturated rings. The first kappa shape index (κ1) is 23.9. The summed E-state index contributed by atoms with van der Waals surface area (Å²) in [6, 6.07) is 16.3. The first-order valence-electron chi connectivity index (χ1n) is 9.77. The summed E-state index contributed by atoms with van der Waals surface area (Å²) in [5, 5.41) is 25.6. The molecule has 0 saturated heterocycles. The highest BCUT2D eigenvalue weighted by Crippen LogP contribution is 2.41. The highest BCUT2D eigenvalue weighted by atomic mass is 35.5. The summed E-state index contributed by atoms with van der Waals surface area (Å²) in [6.45, 7) is 1.78. The van der Waals surface area contributed by atoms with E-state index in [9.17, 15) is 10.5 Å². The van der Waals surface area contributed by atoms with E-state index in [0.29, 0.717) is 54.0 Å². The van der Waals surface area contributed by atoms with Crippen molar-refractivity contribution in [3.05, 3.63) is 80.0 Å². The molecular formula is C24H14Cl3N5OS. The Labute approximate surface area is 214 Å². The van der Waals surface area contributed by atoms with Crippen LogP contribution in [-0.2, 0) is 5.75 Å². The number of rotatable bonds is 5. The number of anilines is 1. The second kappa shape index (κ2) is 9.97. The van der Waals surface area contributed by atoms with Crippen molar-refractivity contribution >= 4 is 52.4 Å². The molecule has 2 N–H and O–H groups in total. The van der Waals surface area contributed by atoms with Crippen molar-refractivity contribution in [3.8, 4) is 34.5 Å². The number of nitriles is 2. The van der Waals surface area contributed by atoms with E-state index in [0.717, 1.165) is 5.56 Å². The second-order valence-corrected chi connectivity index (χ2v) is 9.33. The minimum Gasteiger partial charge on any atom is -0.383 e. The number of hydrogen-bond donors (Lipinski definition) is 1. The molecule has 0 atom stereocenters. The molecule has 2 aromatic heterocycles. The Hall–Kier alpha value is -3.20. The summed E-state index contributed by atoms with van der Waals surface area (Å²) in [6.07, 6.45) is 0. The Morgan fingerprint density at radius 2 is 1.68 bits per heavy atom.